The number of nitrogens with one attached hydrogen (secondary N) is 4. The van der Waals surface area contributed by atoms with Gasteiger partial charge in [0, 0.05) is 66.7 Å². The number of hydrogen-bond acceptors (Lipinski definition) is 1. The van der Waals surface area contributed by atoms with E-state index in [4.69, 9.17) is 0 Å². The van der Waals surface area contributed by atoms with E-state index in [-0.39, 0.29) is 0 Å². The molecule has 5 nitrogen and oxygen atoms in total. The number of fused-ring (bicyclic) bond motifs is 8. The van der Waals surface area contributed by atoms with Gasteiger partial charge in [0.25, 0.3) is 0 Å². The fourth-order valence-electron chi connectivity index (χ4n) is 7.37. The highest BCUT2D eigenvalue weighted by atomic mass is 16.1. The molecule has 9 rings (SSSR count). The minimum Gasteiger partial charge on any atom is -0.354 e. The minimum absolute atomic E-state index is 0.826. The van der Waals surface area contributed by atoms with Gasteiger partial charge in [0.1, 0.15) is 6.29 Å². The van der Waals surface area contributed by atoms with E-state index < -0.39 is 0 Å². The van der Waals surface area contributed by atoms with Crippen LogP contribution in [0.15, 0.2) is 170 Å². The van der Waals surface area contributed by atoms with Crippen LogP contribution in [-0.2, 0) is 4.79 Å². The summed E-state index contributed by atoms with van der Waals surface area (Å²) in [4.78, 5) is 27.1. The molecular formula is C47H34N4O. The molecule has 0 aliphatic carbocycles. The average Bonchev–Trinajstić information content (AvgIpc) is 4.03. The monoisotopic (exact) mass is 670 g/mol. The van der Waals surface area contributed by atoms with Gasteiger partial charge in [-0.3, -0.25) is 4.79 Å². The Morgan fingerprint density at radius 3 is 1.17 bits per heavy atom. The number of aromatic nitrogens is 4. The van der Waals surface area contributed by atoms with Gasteiger partial charge < -0.3 is 19.9 Å². The van der Waals surface area contributed by atoms with Gasteiger partial charge in [-0.05, 0) is 76.9 Å². The van der Waals surface area contributed by atoms with Crippen LogP contribution in [-0.4, -0.2) is 26.2 Å². The van der Waals surface area contributed by atoms with Gasteiger partial charge in [0.2, 0.25) is 0 Å². The number of rotatable bonds is 6. The van der Waals surface area contributed by atoms with Gasteiger partial charge in [-0.1, -0.05) is 121 Å². The number of aromatic amines is 4. The van der Waals surface area contributed by atoms with Gasteiger partial charge in [-0.15, -0.1) is 0 Å². The summed E-state index contributed by atoms with van der Waals surface area (Å²) in [5.41, 5.74) is 13.2. The van der Waals surface area contributed by atoms with E-state index in [1.54, 1.807) is 6.08 Å². The van der Waals surface area contributed by atoms with Crippen molar-refractivity contribution >= 4 is 34.7 Å². The molecule has 5 heteroatoms. The fourth-order valence-corrected chi connectivity index (χ4v) is 7.37. The Hall–Kier alpha value is -7.11. The standard InChI is InChI=1S/C47H34N4O/c52-29-13-22-35-30-42-45(33-18-9-3-10-19-33)40-26-25-38(49-40)43(31-14-5-1-6-15-31)36-23-24-37(48-36)44(32-16-7-2-8-17-32)39-27-28-41(50-39)46(47(35)51-42)34-20-11-4-12-21-34/h1-30,48-51H/b22-13+,43-36?,43-38?,44-37?,44-39?,45-40?,45-42?,46-41?,47-46?. The van der Waals surface area contributed by atoms with Crippen molar-refractivity contribution in [1.82, 2.24) is 19.9 Å². The maximum absolute atomic E-state index is 11.7. The quantitative estimate of drug-likeness (QED) is 0.118. The molecule has 8 aromatic rings. The second-order valence-electron chi connectivity index (χ2n) is 12.8. The summed E-state index contributed by atoms with van der Waals surface area (Å²) in [7, 11) is 0. The highest BCUT2D eigenvalue weighted by molar-refractivity contribution is 5.86. The van der Waals surface area contributed by atoms with E-state index >= 15 is 0 Å². The lowest BCUT2D eigenvalue weighted by molar-refractivity contribution is -0.104. The van der Waals surface area contributed by atoms with Crippen LogP contribution >= 0.6 is 0 Å². The maximum Gasteiger partial charge on any atom is 0.142 e. The summed E-state index contributed by atoms with van der Waals surface area (Å²) in [6.45, 7) is 0. The molecule has 248 valence electrons. The van der Waals surface area contributed by atoms with E-state index in [0.29, 0.717) is 0 Å². The Kier molecular flexibility index (Phi) is 7.91. The molecule has 1 aliphatic heterocycles. The first-order valence-corrected chi connectivity index (χ1v) is 17.4. The summed E-state index contributed by atoms with van der Waals surface area (Å²) < 4.78 is 0. The number of aldehydes is 1. The smallest absolute Gasteiger partial charge is 0.142 e. The van der Waals surface area contributed by atoms with Crippen LogP contribution in [0.25, 0.3) is 28.4 Å². The number of carbonyl (C=O) groups is 1. The minimum atomic E-state index is 0.826. The van der Waals surface area contributed by atoms with Gasteiger partial charge in [0.05, 0.1) is 5.35 Å². The van der Waals surface area contributed by atoms with Gasteiger partial charge >= 0.3 is 0 Å². The number of allylic oxidation sites excluding steroid dienone is 1. The molecule has 0 spiro atoms. The van der Waals surface area contributed by atoms with Gasteiger partial charge in [-0.2, -0.15) is 0 Å². The van der Waals surface area contributed by atoms with E-state index in [2.05, 4.69) is 159 Å². The molecule has 1 aliphatic rings. The normalized spacial score (nSPS) is 12.8. The summed E-state index contributed by atoms with van der Waals surface area (Å²) in [5.74, 6) is 0. The number of benzene rings is 4. The van der Waals surface area contributed by atoms with E-state index in [0.717, 1.165) is 101 Å². The zero-order chi connectivity index (χ0) is 34.9. The summed E-state index contributed by atoms with van der Waals surface area (Å²) in [6.07, 6.45) is 4.27. The van der Waals surface area contributed by atoms with Crippen molar-refractivity contribution in [3.63, 3.8) is 0 Å². The maximum atomic E-state index is 11.7. The van der Waals surface area contributed by atoms with Crippen LogP contribution < -0.4 is 21.4 Å². The third-order valence-corrected chi connectivity index (χ3v) is 9.65. The number of H-pyrrole nitrogens is 4. The Labute approximate surface area is 300 Å². The van der Waals surface area contributed by atoms with Crippen molar-refractivity contribution < 1.29 is 4.79 Å². The second-order valence-corrected chi connectivity index (χ2v) is 12.8. The van der Waals surface area contributed by atoms with Crippen LogP contribution in [0.4, 0.5) is 0 Å². The van der Waals surface area contributed by atoms with Crippen molar-refractivity contribution in [2.24, 2.45) is 0 Å². The van der Waals surface area contributed by atoms with Crippen LogP contribution in [0.5, 0.6) is 0 Å². The molecule has 0 atom stereocenters. The lowest BCUT2D eigenvalue weighted by atomic mass is 10.0. The van der Waals surface area contributed by atoms with E-state index in [1.165, 1.54) is 0 Å². The topological polar surface area (TPSA) is 80.2 Å². The molecule has 52 heavy (non-hydrogen) atoms. The number of hydrogen-bond donors (Lipinski definition) is 4. The summed E-state index contributed by atoms with van der Waals surface area (Å²) in [5, 5.41) is 3.83. The third kappa shape index (κ3) is 5.60. The molecule has 8 bridgehead atoms. The van der Waals surface area contributed by atoms with Crippen molar-refractivity contribution in [1.29, 1.82) is 0 Å². The molecule has 0 fully saturated rings. The molecule has 0 unspecified atom stereocenters. The van der Waals surface area contributed by atoms with Crippen LogP contribution in [0.2, 0.25) is 0 Å². The molecule has 0 saturated heterocycles. The van der Waals surface area contributed by atoms with Crippen molar-refractivity contribution in [3.8, 4) is 0 Å². The van der Waals surface area contributed by atoms with E-state index in [1.807, 2.05) is 30.3 Å². The van der Waals surface area contributed by atoms with Crippen LogP contribution in [0.3, 0.4) is 0 Å². The van der Waals surface area contributed by atoms with Crippen molar-refractivity contribution in [3.05, 3.63) is 242 Å². The van der Waals surface area contributed by atoms with Crippen molar-refractivity contribution in [2.75, 3.05) is 0 Å². The molecule has 5 heterocycles. The zero-order valence-electron chi connectivity index (χ0n) is 28.2. The van der Waals surface area contributed by atoms with Crippen LogP contribution in [0.1, 0.15) is 50.6 Å². The van der Waals surface area contributed by atoms with E-state index in [9.17, 15) is 4.79 Å². The highest BCUT2D eigenvalue weighted by Crippen LogP contribution is 2.28. The Morgan fingerprint density at radius 2 is 0.750 bits per heavy atom. The Bertz CT molecular complexity index is 2830. The first-order chi connectivity index (χ1) is 25.7. The molecule has 4 aromatic heterocycles. The summed E-state index contributed by atoms with van der Waals surface area (Å²) in [6, 6.07) is 56.9. The molecule has 0 saturated carbocycles. The van der Waals surface area contributed by atoms with Gasteiger partial charge in [-0.25, -0.2) is 0 Å². The Morgan fingerprint density at radius 1 is 0.365 bits per heavy atom. The highest BCUT2D eigenvalue weighted by Gasteiger charge is 2.19. The summed E-state index contributed by atoms with van der Waals surface area (Å²) >= 11 is 0. The first-order valence-electron chi connectivity index (χ1n) is 17.4. The largest absolute Gasteiger partial charge is 0.354 e. The first kappa shape index (κ1) is 30.9. The molecule has 4 N–H and O–H groups in total. The third-order valence-electron chi connectivity index (χ3n) is 9.65. The lowest BCUT2D eigenvalue weighted by Crippen LogP contribution is -2.19. The molecular weight excluding hydrogens is 637 g/mol. The average molecular weight is 671 g/mol. The Balaban J connectivity index is 1.48. The molecule has 0 radical (unpaired) electrons. The molecule has 0 amide bonds. The van der Waals surface area contributed by atoms with Crippen molar-refractivity contribution in [2.45, 2.75) is 0 Å². The SMILES string of the molecule is O=C/C=C/c1cc2[nH]c1=C(c1ccccc1)c1ccc([nH]1)C(c1ccccc1)=c1ccc([nH]1)=C(c1ccccc1)c1ccc([nH]1)C=2c1ccccc1. The zero-order valence-corrected chi connectivity index (χ0v) is 28.2. The second kappa shape index (κ2) is 13.3. The van der Waals surface area contributed by atoms with Crippen LogP contribution in [0, 0.1) is 0 Å². The molecule has 4 aromatic carbocycles. The predicted molar refractivity (Wildman–Crippen MR) is 209 cm³/mol. The lowest BCUT2D eigenvalue weighted by Gasteiger charge is -2.10. The predicted octanol–water partition coefficient (Wildman–Crippen LogP) is 6.51. The fraction of sp³-hybridized carbons (Fsp3) is 0. The number of carbonyl (C=O) groups excluding carboxylic acids is 1. The van der Waals surface area contributed by atoms with Gasteiger partial charge in [0.15, 0.2) is 0 Å².